The number of aromatic nitrogens is 2. The topological polar surface area (TPSA) is 43.8 Å². The van der Waals surface area contributed by atoms with Gasteiger partial charge in [-0.1, -0.05) is 0 Å². The minimum absolute atomic E-state index is 0.750. The lowest BCUT2D eigenvalue weighted by molar-refractivity contribution is 1.08. The highest BCUT2D eigenvalue weighted by molar-refractivity contribution is 14.1. The number of halogens is 1. The molecule has 1 heterocycles. The van der Waals surface area contributed by atoms with E-state index in [4.69, 9.17) is 5.73 Å². The minimum atomic E-state index is 0.750. The van der Waals surface area contributed by atoms with Crippen LogP contribution in [0.5, 0.6) is 0 Å². The number of hydrogen-bond acceptors (Lipinski definition) is 2. The molecule has 0 radical (unpaired) electrons. The monoisotopic (exact) mass is 273 g/mol. The van der Waals surface area contributed by atoms with Gasteiger partial charge in [-0.25, -0.2) is 2.90 Å². The zero-order chi connectivity index (χ0) is 8.72. The molecule has 4 heteroatoms. The Kier molecular flexibility index (Phi) is 1.71. The molecule has 1 aromatic carbocycles. The first-order valence-electron chi connectivity index (χ1n) is 3.58. The first-order valence-corrected chi connectivity index (χ1v) is 4.55. The number of rotatable bonds is 0. The predicted octanol–water partition coefficient (Wildman–Crippen LogP) is 2.13. The molecule has 1 aromatic heterocycles. The number of nitrogens with zero attached hydrogens (tertiary/aromatic N) is 2. The molecule has 0 saturated heterocycles. The number of aryl methyl sites for hydroxylation is 1. The second kappa shape index (κ2) is 2.62. The lowest BCUT2D eigenvalue weighted by atomic mass is 10.1. The first kappa shape index (κ1) is 7.85. The molecular formula is C8H8IN3. The number of nitrogen functional groups attached to an aromatic ring is 1. The van der Waals surface area contributed by atoms with Crippen molar-refractivity contribution in [3.8, 4) is 0 Å². The van der Waals surface area contributed by atoms with Crippen LogP contribution in [-0.2, 0) is 0 Å². The summed E-state index contributed by atoms with van der Waals surface area (Å²) in [6.45, 7) is 2.03. The highest BCUT2D eigenvalue weighted by Gasteiger charge is 2.02. The van der Waals surface area contributed by atoms with Gasteiger partial charge in [0.2, 0.25) is 0 Å². The Balaban J connectivity index is 2.88. The van der Waals surface area contributed by atoms with Crippen molar-refractivity contribution in [2.45, 2.75) is 6.92 Å². The van der Waals surface area contributed by atoms with E-state index in [0.29, 0.717) is 0 Å². The molecular weight excluding hydrogens is 265 g/mol. The fourth-order valence-corrected chi connectivity index (χ4v) is 1.80. The van der Waals surface area contributed by atoms with Gasteiger partial charge in [0.25, 0.3) is 0 Å². The van der Waals surface area contributed by atoms with Crippen molar-refractivity contribution in [1.29, 1.82) is 0 Å². The van der Waals surface area contributed by atoms with Gasteiger partial charge in [-0.2, -0.15) is 5.10 Å². The maximum Gasteiger partial charge on any atom is 0.116 e. The molecule has 0 aliphatic rings. The second-order valence-electron chi connectivity index (χ2n) is 2.81. The summed E-state index contributed by atoms with van der Waals surface area (Å²) in [5, 5.41) is 5.33. The number of anilines is 1. The first-order chi connectivity index (χ1) is 5.66. The maximum atomic E-state index is 5.79. The third-order valence-corrected chi connectivity index (χ3v) is 2.25. The van der Waals surface area contributed by atoms with Crippen LogP contribution in [0.2, 0.25) is 0 Å². The number of benzene rings is 1. The van der Waals surface area contributed by atoms with Gasteiger partial charge < -0.3 is 5.73 Å². The van der Waals surface area contributed by atoms with E-state index in [1.54, 1.807) is 2.90 Å². The Morgan fingerprint density at radius 1 is 1.50 bits per heavy atom. The molecule has 0 bridgehead atoms. The standard InChI is InChI=1S/C8H8IN3/c1-5-2-6-4-12(9)11-8(6)7(10)3-5/h2-4H,10H2,1H3. The summed E-state index contributed by atoms with van der Waals surface area (Å²) in [6, 6.07) is 4.01. The molecule has 12 heavy (non-hydrogen) atoms. The Morgan fingerprint density at radius 2 is 2.25 bits per heavy atom. The third-order valence-electron chi connectivity index (χ3n) is 1.75. The molecule has 3 nitrogen and oxygen atoms in total. The SMILES string of the molecule is Cc1cc(N)c2nn(I)cc2c1. The maximum absolute atomic E-state index is 5.79. The average Bonchev–Trinajstić information content (AvgIpc) is 2.29. The van der Waals surface area contributed by atoms with Crippen molar-refractivity contribution in [2.75, 3.05) is 5.73 Å². The highest BCUT2D eigenvalue weighted by atomic mass is 127. The van der Waals surface area contributed by atoms with E-state index in [2.05, 4.69) is 34.0 Å². The predicted molar refractivity (Wildman–Crippen MR) is 58.3 cm³/mol. The number of fused-ring (bicyclic) bond motifs is 1. The van der Waals surface area contributed by atoms with Gasteiger partial charge in [-0.3, -0.25) is 0 Å². The normalized spacial score (nSPS) is 10.8. The lowest BCUT2D eigenvalue weighted by Crippen LogP contribution is -1.87. The molecule has 0 saturated carbocycles. The third kappa shape index (κ3) is 1.16. The molecule has 2 aromatic rings. The zero-order valence-electron chi connectivity index (χ0n) is 6.58. The zero-order valence-corrected chi connectivity index (χ0v) is 8.74. The van der Waals surface area contributed by atoms with Crippen molar-refractivity contribution in [2.24, 2.45) is 0 Å². The van der Waals surface area contributed by atoms with E-state index in [1.807, 2.05) is 19.2 Å². The second-order valence-corrected chi connectivity index (χ2v) is 3.80. The molecule has 0 atom stereocenters. The Bertz CT molecular complexity index is 433. The van der Waals surface area contributed by atoms with Crippen molar-refractivity contribution in [1.82, 2.24) is 7.99 Å². The van der Waals surface area contributed by atoms with Crippen LogP contribution in [0.25, 0.3) is 10.9 Å². The Morgan fingerprint density at radius 3 is 3.00 bits per heavy atom. The molecule has 0 aliphatic carbocycles. The highest BCUT2D eigenvalue weighted by Crippen LogP contribution is 2.21. The van der Waals surface area contributed by atoms with Crippen LogP contribution < -0.4 is 5.73 Å². The van der Waals surface area contributed by atoms with Gasteiger partial charge in [-0.15, -0.1) is 0 Å². The molecule has 0 unspecified atom stereocenters. The fraction of sp³-hybridized carbons (Fsp3) is 0.125. The van der Waals surface area contributed by atoms with Gasteiger partial charge in [0.1, 0.15) is 5.52 Å². The van der Waals surface area contributed by atoms with E-state index in [9.17, 15) is 0 Å². The number of nitrogens with two attached hydrogens (primary N) is 1. The smallest absolute Gasteiger partial charge is 0.116 e. The van der Waals surface area contributed by atoms with Crippen LogP contribution >= 0.6 is 22.9 Å². The summed E-state index contributed by atoms with van der Waals surface area (Å²) in [6.07, 6.45) is 1.96. The number of hydrogen-bond donors (Lipinski definition) is 1. The lowest BCUT2D eigenvalue weighted by Gasteiger charge is -1.95. The van der Waals surface area contributed by atoms with Gasteiger partial charge >= 0.3 is 0 Å². The molecule has 0 aliphatic heterocycles. The van der Waals surface area contributed by atoms with Crippen LogP contribution in [0.1, 0.15) is 5.56 Å². The largest absolute Gasteiger partial charge is 0.397 e. The average molecular weight is 273 g/mol. The summed E-state index contributed by atoms with van der Waals surface area (Å²) in [7, 11) is 0. The van der Waals surface area contributed by atoms with Crippen molar-refractivity contribution in [3.63, 3.8) is 0 Å². The van der Waals surface area contributed by atoms with Crippen LogP contribution in [0, 0.1) is 6.92 Å². The van der Waals surface area contributed by atoms with Crippen molar-refractivity contribution >= 4 is 39.5 Å². The quantitative estimate of drug-likeness (QED) is 0.590. The van der Waals surface area contributed by atoms with E-state index >= 15 is 0 Å². The molecule has 0 amide bonds. The van der Waals surface area contributed by atoms with Crippen molar-refractivity contribution < 1.29 is 0 Å². The molecule has 62 valence electrons. The Hall–Kier alpha value is -0.780. The molecule has 0 spiro atoms. The van der Waals surface area contributed by atoms with Crippen LogP contribution in [0.4, 0.5) is 5.69 Å². The van der Waals surface area contributed by atoms with Crippen molar-refractivity contribution in [3.05, 3.63) is 23.9 Å². The van der Waals surface area contributed by atoms with Crippen LogP contribution in [-0.4, -0.2) is 7.99 Å². The summed E-state index contributed by atoms with van der Waals surface area (Å²) < 4.78 is 1.75. The van der Waals surface area contributed by atoms with E-state index in [1.165, 1.54) is 5.56 Å². The molecule has 2 rings (SSSR count). The summed E-state index contributed by atoms with van der Waals surface area (Å²) >= 11 is 2.11. The summed E-state index contributed by atoms with van der Waals surface area (Å²) in [4.78, 5) is 0. The van der Waals surface area contributed by atoms with E-state index in [0.717, 1.165) is 16.6 Å². The van der Waals surface area contributed by atoms with E-state index < -0.39 is 0 Å². The van der Waals surface area contributed by atoms with Gasteiger partial charge in [0.05, 0.1) is 28.6 Å². The van der Waals surface area contributed by atoms with Gasteiger partial charge in [0.15, 0.2) is 0 Å². The Labute approximate surface area is 84.0 Å². The fourth-order valence-electron chi connectivity index (χ4n) is 1.29. The molecule has 2 N–H and O–H groups in total. The van der Waals surface area contributed by atoms with Crippen LogP contribution in [0.3, 0.4) is 0 Å². The summed E-state index contributed by atoms with van der Waals surface area (Å²) in [5.74, 6) is 0. The van der Waals surface area contributed by atoms with Crippen LogP contribution in [0.15, 0.2) is 18.3 Å². The van der Waals surface area contributed by atoms with Gasteiger partial charge in [-0.05, 0) is 24.6 Å². The summed E-state index contributed by atoms with van der Waals surface area (Å²) in [5.41, 5.74) is 8.60. The molecule has 0 fully saturated rings. The van der Waals surface area contributed by atoms with Gasteiger partial charge in [0, 0.05) is 11.6 Å². The minimum Gasteiger partial charge on any atom is -0.397 e. The van der Waals surface area contributed by atoms with E-state index in [-0.39, 0.29) is 0 Å².